The summed E-state index contributed by atoms with van der Waals surface area (Å²) in [6.07, 6.45) is 1.83. The van der Waals surface area contributed by atoms with E-state index in [1.165, 1.54) is 22.1 Å². The minimum Gasteiger partial charge on any atom is -0.256 e. The molecule has 2 nitrogen and oxygen atoms in total. The highest BCUT2D eigenvalue weighted by atomic mass is 14.7. The van der Waals surface area contributed by atoms with Gasteiger partial charge in [-0.1, -0.05) is 0 Å². The first-order valence-corrected chi connectivity index (χ1v) is 6.21. The molecule has 1 aromatic carbocycles. The predicted octanol–water partition coefficient (Wildman–Crippen LogP) is 4.02. The van der Waals surface area contributed by atoms with Crippen molar-refractivity contribution in [3.8, 4) is 0 Å². The van der Waals surface area contributed by atoms with Crippen molar-refractivity contribution in [3.63, 3.8) is 0 Å². The van der Waals surface area contributed by atoms with E-state index in [9.17, 15) is 0 Å². The Balaban J connectivity index is 2.65. The van der Waals surface area contributed by atoms with Gasteiger partial charge in [0.2, 0.25) is 0 Å². The summed E-state index contributed by atoms with van der Waals surface area (Å²) >= 11 is 0. The second kappa shape index (κ2) is 3.77. The molecule has 0 saturated heterocycles. The zero-order valence-electron chi connectivity index (χ0n) is 11.2. The second-order valence-corrected chi connectivity index (χ2v) is 4.93. The van der Waals surface area contributed by atoms with E-state index in [-0.39, 0.29) is 0 Å². The van der Waals surface area contributed by atoms with Gasteiger partial charge in [-0.15, -0.1) is 0 Å². The molecule has 0 bridgehead atoms. The third-order valence-electron chi connectivity index (χ3n) is 3.84. The van der Waals surface area contributed by atoms with Crippen LogP contribution < -0.4 is 0 Å². The van der Waals surface area contributed by atoms with E-state index in [0.29, 0.717) is 0 Å². The summed E-state index contributed by atoms with van der Waals surface area (Å²) in [7, 11) is 0. The Kier molecular flexibility index (Phi) is 2.34. The summed E-state index contributed by atoms with van der Waals surface area (Å²) in [6.45, 7) is 8.54. The first-order valence-electron chi connectivity index (χ1n) is 6.21. The minimum atomic E-state index is 1.03. The average Bonchev–Trinajstić information content (AvgIpc) is 2.35. The van der Waals surface area contributed by atoms with Gasteiger partial charge >= 0.3 is 0 Å². The molecule has 3 rings (SSSR count). The summed E-state index contributed by atoms with van der Waals surface area (Å²) in [5.74, 6) is 0. The van der Waals surface area contributed by atoms with Crippen molar-refractivity contribution in [3.05, 3.63) is 46.8 Å². The average molecular weight is 236 g/mol. The monoisotopic (exact) mass is 236 g/mol. The van der Waals surface area contributed by atoms with Crippen molar-refractivity contribution in [2.45, 2.75) is 27.7 Å². The van der Waals surface area contributed by atoms with Gasteiger partial charge < -0.3 is 0 Å². The van der Waals surface area contributed by atoms with Gasteiger partial charge in [0.15, 0.2) is 0 Å². The molecule has 2 heterocycles. The summed E-state index contributed by atoms with van der Waals surface area (Å²) in [4.78, 5) is 9.22. The highest BCUT2D eigenvalue weighted by Gasteiger charge is 2.11. The van der Waals surface area contributed by atoms with Crippen LogP contribution in [-0.2, 0) is 0 Å². The van der Waals surface area contributed by atoms with Gasteiger partial charge in [-0.25, -0.2) is 0 Å². The van der Waals surface area contributed by atoms with Gasteiger partial charge in [-0.2, -0.15) is 0 Å². The van der Waals surface area contributed by atoms with E-state index < -0.39 is 0 Å². The van der Waals surface area contributed by atoms with Crippen LogP contribution in [0, 0.1) is 27.7 Å². The zero-order chi connectivity index (χ0) is 12.9. The van der Waals surface area contributed by atoms with Gasteiger partial charge in [-0.05, 0) is 62.6 Å². The lowest BCUT2D eigenvalue weighted by Gasteiger charge is -2.13. The first-order chi connectivity index (χ1) is 8.59. The number of hydrogen-bond acceptors (Lipinski definition) is 2. The lowest BCUT2D eigenvalue weighted by molar-refractivity contribution is 1.17. The molecule has 0 unspecified atom stereocenters. The van der Waals surface area contributed by atoms with Crippen molar-refractivity contribution < 1.29 is 0 Å². The standard InChI is InChI=1S/C16H16N2/c1-9-8-14-13(6-5-7-17-14)16-15(9)11(3)10(2)12(4)18-16/h5-8H,1-4H3. The van der Waals surface area contributed by atoms with Gasteiger partial charge in [0, 0.05) is 22.7 Å². The van der Waals surface area contributed by atoms with Crippen molar-refractivity contribution >= 4 is 21.8 Å². The first kappa shape index (κ1) is 11.1. The van der Waals surface area contributed by atoms with Crippen LogP contribution in [0.25, 0.3) is 21.8 Å². The highest BCUT2D eigenvalue weighted by Crippen LogP contribution is 2.30. The molecule has 0 N–H and O–H groups in total. The molecule has 3 aromatic rings. The van der Waals surface area contributed by atoms with Crippen LogP contribution >= 0.6 is 0 Å². The summed E-state index contributed by atoms with van der Waals surface area (Å²) in [5.41, 5.74) is 7.09. The maximum absolute atomic E-state index is 4.78. The summed E-state index contributed by atoms with van der Waals surface area (Å²) in [6, 6.07) is 6.23. The quantitative estimate of drug-likeness (QED) is 0.551. The van der Waals surface area contributed by atoms with Crippen molar-refractivity contribution in [2.24, 2.45) is 0 Å². The van der Waals surface area contributed by atoms with Crippen LogP contribution in [0.4, 0.5) is 0 Å². The molecule has 18 heavy (non-hydrogen) atoms. The Bertz CT molecular complexity index is 773. The Morgan fingerprint density at radius 2 is 1.78 bits per heavy atom. The molecule has 0 radical (unpaired) electrons. The third-order valence-corrected chi connectivity index (χ3v) is 3.84. The SMILES string of the molecule is Cc1nc2c(c(C)cc3ncccc32)c(C)c1C. The molecule has 0 aliphatic carbocycles. The topological polar surface area (TPSA) is 25.8 Å². The van der Waals surface area contributed by atoms with Crippen LogP contribution in [0.5, 0.6) is 0 Å². The van der Waals surface area contributed by atoms with Crippen LogP contribution in [0.15, 0.2) is 24.4 Å². The van der Waals surface area contributed by atoms with E-state index in [4.69, 9.17) is 4.98 Å². The van der Waals surface area contributed by atoms with Crippen molar-refractivity contribution in [1.29, 1.82) is 0 Å². The van der Waals surface area contributed by atoms with Crippen LogP contribution in [0.2, 0.25) is 0 Å². The van der Waals surface area contributed by atoms with Crippen LogP contribution in [0.1, 0.15) is 22.4 Å². The third kappa shape index (κ3) is 1.42. The van der Waals surface area contributed by atoms with Gasteiger partial charge in [0.25, 0.3) is 0 Å². The van der Waals surface area contributed by atoms with E-state index in [1.807, 2.05) is 12.3 Å². The minimum absolute atomic E-state index is 1.03. The Morgan fingerprint density at radius 3 is 2.56 bits per heavy atom. The molecule has 0 amide bonds. The second-order valence-electron chi connectivity index (χ2n) is 4.93. The summed E-state index contributed by atoms with van der Waals surface area (Å²) < 4.78 is 0. The molecule has 0 aliphatic heterocycles. The van der Waals surface area contributed by atoms with Crippen LogP contribution in [-0.4, -0.2) is 9.97 Å². The molecule has 2 heteroatoms. The van der Waals surface area contributed by atoms with Crippen molar-refractivity contribution in [2.75, 3.05) is 0 Å². The smallest absolute Gasteiger partial charge is 0.0804 e. The maximum Gasteiger partial charge on any atom is 0.0804 e. The summed E-state index contributed by atoms with van der Waals surface area (Å²) in [5, 5.41) is 2.42. The lowest BCUT2D eigenvalue weighted by atomic mass is 9.97. The molecule has 0 atom stereocenters. The largest absolute Gasteiger partial charge is 0.256 e. The van der Waals surface area contributed by atoms with E-state index in [0.717, 1.165) is 22.1 Å². The lowest BCUT2D eigenvalue weighted by Crippen LogP contribution is -1.96. The molecular formula is C16H16N2. The predicted molar refractivity (Wildman–Crippen MR) is 76.0 cm³/mol. The highest BCUT2D eigenvalue weighted by molar-refractivity contribution is 6.06. The molecule has 0 fully saturated rings. The molecular weight excluding hydrogens is 220 g/mol. The number of hydrogen-bond donors (Lipinski definition) is 0. The number of fused-ring (bicyclic) bond motifs is 3. The molecule has 0 aliphatic rings. The van der Waals surface area contributed by atoms with E-state index in [1.54, 1.807) is 0 Å². The number of nitrogens with zero attached hydrogens (tertiary/aromatic N) is 2. The Labute approximate surface area is 107 Å². The maximum atomic E-state index is 4.78. The number of benzene rings is 1. The Hall–Kier alpha value is -1.96. The number of pyridine rings is 2. The Morgan fingerprint density at radius 1 is 1.00 bits per heavy atom. The number of aryl methyl sites for hydroxylation is 3. The fraction of sp³-hybridized carbons (Fsp3) is 0.250. The fourth-order valence-electron chi connectivity index (χ4n) is 2.63. The number of aromatic nitrogens is 2. The number of rotatable bonds is 0. The van der Waals surface area contributed by atoms with E-state index >= 15 is 0 Å². The molecule has 90 valence electrons. The molecule has 2 aromatic heterocycles. The van der Waals surface area contributed by atoms with Gasteiger partial charge in [-0.3, -0.25) is 9.97 Å². The molecule has 0 spiro atoms. The molecule has 0 saturated carbocycles. The normalized spacial score (nSPS) is 11.3. The van der Waals surface area contributed by atoms with Gasteiger partial charge in [0.1, 0.15) is 0 Å². The van der Waals surface area contributed by atoms with Gasteiger partial charge in [0.05, 0.1) is 11.0 Å². The fourth-order valence-corrected chi connectivity index (χ4v) is 2.63. The van der Waals surface area contributed by atoms with E-state index in [2.05, 4.69) is 44.8 Å². The van der Waals surface area contributed by atoms with Crippen LogP contribution in [0.3, 0.4) is 0 Å². The zero-order valence-corrected chi connectivity index (χ0v) is 11.2. The van der Waals surface area contributed by atoms with Crippen molar-refractivity contribution in [1.82, 2.24) is 9.97 Å².